The highest BCUT2D eigenvalue weighted by Gasteiger charge is 2.28. The molecule has 1 atom stereocenters. The number of methoxy groups -OCH3 is 1. The molecule has 28 heavy (non-hydrogen) atoms. The highest BCUT2D eigenvalue weighted by atomic mass is 79.9. The Hall–Kier alpha value is -1.67. The van der Waals surface area contributed by atoms with Crippen molar-refractivity contribution in [1.29, 1.82) is 0 Å². The Morgan fingerprint density at radius 1 is 1.36 bits per heavy atom. The minimum atomic E-state index is -0.114. The molecule has 0 spiro atoms. The summed E-state index contributed by atoms with van der Waals surface area (Å²) in [5.41, 5.74) is 1.26. The normalized spacial score (nSPS) is 16.5. The maximum Gasteiger partial charge on any atom is 0.260 e. The molecule has 2 heterocycles. The van der Waals surface area contributed by atoms with Gasteiger partial charge < -0.3 is 9.47 Å². The van der Waals surface area contributed by atoms with Crippen LogP contribution in [0.3, 0.4) is 0 Å². The van der Waals surface area contributed by atoms with Gasteiger partial charge in [0.2, 0.25) is 0 Å². The van der Waals surface area contributed by atoms with Gasteiger partial charge in [-0.2, -0.15) is 0 Å². The minimum Gasteiger partial charge on any atom is -0.494 e. The van der Waals surface area contributed by atoms with Crippen LogP contribution in [-0.4, -0.2) is 37.3 Å². The lowest BCUT2D eigenvalue weighted by Crippen LogP contribution is -2.37. The molecule has 0 saturated carbocycles. The summed E-state index contributed by atoms with van der Waals surface area (Å²) in [4.78, 5) is 19.7. The van der Waals surface area contributed by atoms with E-state index in [9.17, 15) is 4.79 Å². The van der Waals surface area contributed by atoms with E-state index >= 15 is 0 Å². The lowest BCUT2D eigenvalue weighted by molar-refractivity contribution is 0.0917. The van der Waals surface area contributed by atoms with Crippen LogP contribution in [0.5, 0.6) is 5.75 Å². The van der Waals surface area contributed by atoms with Gasteiger partial charge in [0.15, 0.2) is 5.13 Å². The second-order valence-electron chi connectivity index (χ2n) is 6.48. The van der Waals surface area contributed by atoms with E-state index in [1.807, 2.05) is 12.1 Å². The van der Waals surface area contributed by atoms with Gasteiger partial charge in [0.25, 0.3) is 5.91 Å². The van der Waals surface area contributed by atoms with Gasteiger partial charge in [-0.25, -0.2) is 4.98 Å². The molecule has 1 aromatic heterocycles. The van der Waals surface area contributed by atoms with Crippen LogP contribution in [0.25, 0.3) is 10.2 Å². The zero-order chi connectivity index (χ0) is 19.7. The summed E-state index contributed by atoms with van der Waals surface area (Å²) in [5.74, 6) is 0.521. The topological polar surface area (TPSA) is 51.7 Å². The van der Waals surface area contributed by atoms with Crippen molar-refractivity contribution in [3.05, 3.63) is 51.5 Å². The molecule has 0 aliphatic carbocycles. The number of carbonyl (C=O) groups is 1. The predicted molar refractivity (Wildman–Crippen MR) is 116 cm³/mol. The Labute approximate surface area is 180 Å². The Balaban J connectivity index is 1.76. The van der Waals surface area contributed by atoms with E-state index in [1.165, 1.54) is 11.3 Å². The smallest absolute Gasteiger partial charge is 0.260 e. The Morgan fingerprint density at radius 2 is 2.14 bits per heavy atom. The number of anilines is 1. The molecule has 1 aliphatic heterocycles. The molecule has 146 valence electrons. The van der Waals surface area contributed by atoms with Crippen molar-refractivity contribution in [2.24, 2.45) is 0 Å². The van der Waals surface area contributed by atoms with E-state index < -0.39 is 0 Å². The van der Waals surface area contributed by atoms with Crippen LogP contribution in [-0.2, 0) is 4.74 Å². The number of aromatic nitrogens is 1. The molecule has 5 nitrogen and oxygen atoms in total. The van der Waals surface area contributed by atoms with Crippen molar-refractivity contribution in [2.45, 2.75) is 18.9 Å². The molecule has 1 unspecified atom stereocenters. The quantitative estimate of drug-likeness (QED) is 0.480. The minimum absolute atomic E-state index is 0.00350. The molecule has 4 rings (SSSR count). The molecule has 1 amide bonds. The lowest BCUT2D eigenvalue weighted by Gasteiger charge is -2.23. The van der Waals surface area contributed by atoms with Gasteiger partial charge in [-0.3, -0.25) is 9.69 Å². The van der Waals surface area contributed by atoms with Gasteiger partial charge in [-0.1, -0.05) is 38.9 Å². The number of ether oxygens (including phenoxy) is 2. The Morgan fingerprint density at radius 3 is 2.82 bits per heavy atom. The summed E-state index contributed by atoms with van der Waals surface area (Å²) >= 11 is 11.2. The summed E-state index contributed by atoms with van der Waals surface area (Å²) in [5, 5.41) is 1.18. The van der Waals surface area contributed by atoms with Crippen molar-refractivity contribution in [3.63, 3.8) is 0 Å². The highest BCUT2D eigenvalue weighted by molar-refractivity contribution is 9.10. The first-order chi connectivity index (χ1) is 13.6. The van der Waals surface area contributed by atoms with Gasteiger partial charge in [-0.15, -0.1) is 0 Å². The maximum atomic E-state index is 13.3. The summed E-state index contributed by atoms with van der Waals surface area (Å²) in [6.07, 6.45) is 1.94. The van der Waals surface area contributed by atoms with E-state index in [0.717, 1.165) is 28.6 Å². The number of nitrogens with zero attached hydrogens (tertiary/aromatic N) is 2. The first-order valence-electron chi connectivity index (χ1n) is 8.89. The number of rotatable bonds is 5. The molecular formula is C20H18BrClN2O3S. The van der Waals surface area contributed by atoms with E-state index in [0.29, 0.717) is 33.5 Å². The number of amides is 1. The molecule has 0 bridgehead atoms. The van der Waals surface area contributed by atoms with E-state index in [4.69, 9.17) is 26.1 Å². The number of halogens is 2. The van der Waals surface area contributed by atoms with E-state index in [2.05, 4.69) is 15.9 Å². The van der Waals surface area contributed by atoms with Gasteiger partial charge in [-0.05, 0) is 49.2 Å². The second-order valence-corrected chi connectivity index (χ2v) is 8.78. The maximum absolute atomic E-state index is 13.3. The largest absolute Gasteiger partial charge is 0.494 e. The summed E-state index contributed by atoms with van der Waals surface area (Å²) in [6, 6.07) is 10.9. The number of carbonyl (C=O) groups excluding carboxylic acids is 1. The molecule has 1 fully saturated rings. The third kappa shape index (κ3) is 3.89. The first kappa shape index (κ1) is 19.6. The SMILES string of the molecule is COc1ccc(Cl)c2sc(N(CC3CCCO3)C(=O)c3ccc(Br)cc3)nc12. The molecule has 0 radical (unpaired) electrons. The number of hydrogen-bond donors (Lipinski definition) is 0. The van der Waals surface area contributed by atoms with Crippen molar-refractivity contribution in [3.8, 4) is 5.75 Å². The lowest BCUT2D eigenvalue weighted by atomic mass is 10.2. The summed E-state index contributed by atoms with van der Waals surface area (Å²) in [6.45, 7) is 1.18. The third-order valence-electron chi connectivity index (χ3n) is 4.64. The van der Waals surface area contributed by atoms with Crippen molar-refractivity contribution >= 4 is 60.1 Å². The molecule has 3 aromatic rings. The van der Waals surface area contributed by atoms with Crippen LogP contribution >= 0.6 is 38.9 Å². The van der Waals surface area contributed by atoms with E-state index in [-0.39, 0.29) is 12.0 Å². The van der Waals surface area contributed by atoms with Crippen molar-refractivity contribution < 1.29 is 14.3 Å². The van der Waals surface area contributed by atoms with Crippen LogP contribution in [0.15, 0.2) is 40.9 Å². The van der Waals surface area contributed by atoms with Crippen LogP contribution in [0.1, 0.15) is 23.2 Å². The fraction of sp³-hybridized carbons (Fsp3) is 0.300. The van der Waals surface area contributed by atoms with Gasteiger partial charge in [0.1, 0.15) is 11.3 Å². The zero-order valence-electron chi connectivity index (χ0n) is 15.2. The van der Waals surface area contributed by atoms with Gasteiger partial charge >= 0.3 is 0 Å². The monoisotopic (exact) mass is 480 g/mol. The number of fused-ring (bicyclic) bond motifs is 1. The standard InChI is InChI=1S/C20H18BrClN2O3S/c1-26-16-9-8-15(22)18-17(16)23-20(28-18)24(11-14-3-2-10-27-14)19(25)12-4-6-13(21)7-5-12/h4-9,14H,2-3,10-11H2,1H3. The van der Waals surface area contributed by atoms with Crippen LogP contribution in [0.4, 0.5) is 5.13 Å². The number of thiazole rings is 1. The van der Waals surface area contributed by atoms with Crippen molar-refractivity contribution in [1.82, 2.24) is 4.98 Å². The molecule has 1 aliphatic rings. The molecule has 0 N–H and O–H groups in total. The zero-order valence-corrected chi connectivity index (χ0v) is 18.3. The number of benzene rings is 2. The van der Waals surface area contributed by atoms with Crippen LogP contribution in [0, 0.1) is 0 Å². The molecular weight excluding hydrogens is 464 g/mol. The highest BCUT2D eigenvalue weighted by Crippen LogP contribution is 2.39. The average Bonchev–Trinajstić information content (AvgIpc) is 3.37. The Bertz CT molecular complexity index is 1000. The molecule has 1 saturated heterocycles. The fourth-order valence-corrected chi connectivity index (χ4v) is 4.74. The fourth-order valence-electron chi connectivity index (χ4n) is 3.21. The van der Waals surface area contributed by atoms with Crippen LogP contribution in [0.2, 0.25) is 5.02 Å². The van der Waals surface area contributed by atoms with Gasteiger partial charge in [0.05, 0.1) is 29.5 Å². The molecule has 8 heteroatoms. The third-order valence-corrected chi connectivity index (χ3v) is 6.71. The Kier molecular flexibility index (Phi) is 5.87. The van der Waals surface area contributed by atoms with Crippen molar-refractivity contribution in [2.75, 3.05) is 25.2 Å². The summed E-state index contributed by atoms with van der Waals surface area (Å²) < 4.78 is 12.9. The summed E-state index contributed by atoms with van der Waals surface area (Å²) in [7, 11) is 1.60. The predicted octanol–water partition coefficient (Wildman–Crippen LogP) is 5.55. The second kappa shape index (κ2) is 8.37. The number of hydrogen-bond acceptors (Lipinski definition) is 5. The van der Waals surface area contributed by atoms with Crippen LogP contribution < -0.4 is 9.64 Å². The van der Waals surface area contributed by atoms with Gasteiger partial charge in [0, 0.05) is 16.6 Å². The van der Waals surface area contributed by atoms with E-state index in [1.54, 1.807) is 36.3 Å². The molecule has 2 aromatic carbocycles. The average molecular weight is 482 g/mol. The first-order valence-corrected chi connectivity index (χ1v) is 10.9.